The van der Waals surface area contributed by atoms with Crippen molar-refractivity contribution < 1.29 is 5.11 Å². The first-order chi connectivity index (χ1) is 8.62. The topological polar surface area (TPSA) is 35.5 Å². The van der Waals surface area contributed by atoms with Crippen molar-refractivity contribution in [3.63, 3.8) is 0 Å². The van der Waals surface area contributed by atoms with Crippen molar-refractivity contribution in [3.05, 3.63) is 0 Å². The second-order valence-corrected chi connectivity index (χ2v) is 5.90. The Morgan fingerprint density at radius 2 is 2.00 bits per heavy atom. The first-order valence-electron chi connectivity index (χ1n) is 7.70. The number of rotatable bonds is 8. The lowest BCUT2D eigenvalue weighted by Gasteiger charge is -2.34. The number of nitrogens with zero attached hydrogens (tertiary/aromatic N) is 1. The van der Waals surface area contributed by atoms with Crippen molar-refractivity contribution >= 4 is 0 Å². The third kappa shape index (κ3) is 3.69. The zero-order chi connectivity index (χ0) is 13.6. The molecule has 0 aliphatic heterocycles. The van der Waals surface area contributed by atoms with Crippen molar-refractivity contribution in [1.82, 2.24) is 10.2 Å². The van der Waals surface area contributed by atoms with Crippen LogP contribution in [-0.4, -0.2) is 47.8 Å². The fourth-order valence-corrected chi connectivity index (χ4v) is 3.36. The normalized spacial score (nSPS) is 28.5. The Balaban J connectivity index is 2.57. The van der Waals surface area contributed by atoms with Gasteiger partial charge in [0, 0.05) is 17.6 Å². The van der Waals surface area contributed by atoms with Crippen LogP contribution in [0.4, 0.5) is 0 Å². The molecule has 2 unspecified atom stereocenters. The van der Waals surface area contributed by atoms with E-state index in [0.29, 0.717) is 12.1 Å². The summed E-state index contributed by atoms with van der Waals surface area (Å²) in [4.78, 5) is 2.55. The van der Waals surface area contributed by atoms with Gasteiger partial charge in [0.2, 0.25) is 0 Å². The standard InChI is InChI=1S/C15H32N2O/c1-5-10-16-15(12-18)9-8-14(11-15)17(4)13(6-2)7-3/h13-14,16,18H,5-12H2,1-4H3. The molecule has 2 N–H and O–H groups in total. The summed E-state index contributed by atoms with van der Waals surface area (Å²) >= 11 is 0. The van der Waals surface area contributed by atoms with Gasteiger partial charge >= 0.3 is 0 Å². The Kier molecular flexibility index (Phi) is 6.61. The van der Waals surface area contributed by atoms with E-state index in [0.717, 1.165) is 25.8 Å². The molecule has 0 aromatic heterocycles. The minimum absolute atomic E-state index is 0.0129. The van der Waals surface area contributed by atoms with Gasteiger partial charge < -0.3 is 15.3 Å². The number of nitrogens with one attached hydrogen (secondary N) is 1. The first-order valence-corrected chi connectivity index (χ1v) is 7.70. The molecule has 0 saturated heterocycles. The second-order valence-electron chi connectivity index (χ2n) is 5.90. The average molecular weight is 256 g/mol. The predicted octanol–water partition coefficient (Wildman–Crippen LogP) is 2.39. The van der Waals surface area contributed by atoms with Gasteiger partial charge in [-0.25, -0.2) is 0 Å². The molecule has 0 aromatic carbocycles. The molecule has 1 rings (SSSR count). The zero-order valence-electron chi connectivity index (χ0n) is 12.7. The number of hydrogen-bond donors (Lipinski definition) is 2. The van der Waals surface area contributed by atoms with E-state index in [1.807, 2.05) is 0 Å². The molecule has 0 bridgehead atoms. The molecule has 0 aromatic rings. The van der Waals surface area contributed by atoms with Gasteiger partial charge in [-0.15, -0.1) is 0 Å². The molecule has 1 aliphatic carbocycles. The highest BCUT2D eigenvalue weighted by Gasteiger charge is 2.40. The van der Waals surface area contributed by atoms with Crippen molar-refractivity contribution in [1.29, 1.82) is 0 Å². The van der Waals surface area contributed by atoms with Crippen molar-refractivity contribution in [2.24, 2.45) is 0 Å². The van der Waals surface area contributed by atoms with Crippen LogP contribution in [-0.2, 0) is 0 Å². The molecular formula is C15H32N2O. The van der Waals surface area contributed by atoms with Gasteiger partial charge in [0.15, 0.2) is 0 Å². The molecule has 3 heteroatoms. The third-order valence-electron chi connectivity index (χ3n) is 4.73. The Hall–Kier alpha value is -0.120. The maximum absolute atomic E-state index is 9.71. The van der Waals surface area contributed by atoms with Gasteiger partial charge in [-0.1, -0.05) is 20.8 Å². The van der Waals surface area contributed by atoms with Crippen molar-refractivity contribution in [2.45, 2.75) is 76.9 Å². The van der Waals surface area contributed by atoms with Crippen LogP contribution in [0.25, 0.3) is 0 Å². The maximum atomic E-state index is 9.71. The van der Waals surface area contributed by atoms with E-state index in [1.165, 1.54) is 19.3 Å². The molecule has 0 spiro atoms. The Morgan fingerprint density at radius 3 is 2.50 bits per heavy atom. The first kappa shape index (κ1) is 15.9. The van der Waals surface area contributed by atoms with Crippen LogP contribution in [0.3, 0.4) is 0 Å². The molecule has 1 aliphatic rings. The summed E-state index contributed by atoms with van der Waals surface area (Å²) in [7, 11) is 2.26. The molecular weight excluding hydrogens is 224 g/mol. The highest BCUT2D eigenvalue weighted by molar-refractivity contribution is 4.99. The lowest BCUT2D eigenvalue weighted by molar-refractivity contribution is 0.131. The van der Waals surface area contributed by atoms with E-state index >= 15 is 0 Å². The molecule has 1 saturated carbocycles. The molecule has 0 heterocycles. The van der Waals surface area contributed by atoms with Gasteiger partial charge in [-0.2, -0.15) is 0 Å². The van der Waals surface area contributed by atoms with Gasteiger partial charge in [0.25, 0.3) is 0 Å². The van der Waals surface area contributed by atoms with E-state index in [-0.39, 0.29) is 12.1 Å². The monoisotopic (exact) mass is 256 g/mol. The van der Waals surface area contributed by atoms with Crippen LogP contribution in [0.2, 0.25) is 0 Å². The Bertz CT molecular complexity index is 231. The summed E-state index contributed by atoms with van der Waals surface area (Å²) in [6.07, 6.45) is 6.99. The van der Waals surface area contributed by atoms with Crippen LogP contribution >= 0.6 is 0 Å². The maximum Gasteiger partial charge on any atom is 0.0613 e. The van der Waals surface area contributed by atoms with E-state index in [4.69, 9.17) is 0 Å². The SMILES string of the molecule is CCCNC1(CO)CCC(N(C)C(CC)CC)C1. The third-order valence-corrected chi connectivity index (χ3v) is 4.73. The van der Waals surface area contributed by atoms with Crippen molar-refractivity contribution in [3.8, 4) is 0 Å². The van der Waals surface area contributed by atoms with Crippen LogP contribution < -0.4 is 5.32 Å². The summed E-state index contributed by atoms with van der Waals surface area (Å²) in [6, 6.07) is 1.32. The van der Waals surface area contributed by atoms with Gasteiger partial charge in [0.05, 0.1) is 6.61 Å². The van der Waals surface area contributed by atoms with E-state index < -0.39 is 0 Å². The quantitative estimate of drug-likeness (QED) is 0.700. The second kappa shape index (κ2) is 7.46. The summed E-state index contributed by atoms with van der Waals surface area (Å²) in [5.74, 6) is 0. The number of hydrogen-bond acceptors (Lipinski definition) is 3. The molecule has 0 amide bonds. The Labute approximate surface area is 113 Å². The lowest BCUT2D eigenvalue weighted by Crippen LogP contribution is -2.48. The number of aliphatic hydroxyl groups is 1. The van der Waals surface area contributed by atoms with Crippen LogP contribution in [0, 0.1) is 0 Å². The molecule has 108 valence electrons. The summed E-state index contributed by atoms with van der Waals surface area (Å²) in [5.41, 5.74) is -0.0129. The number of aliphatic hydroxyl groups excluding tert-OH is 1. The van der Waals surface area contributed by atoms with E-state index in [1.54, 1.807) is 0 Å². The lowest BCUT2D eigenvalue weighted by atomic mass is 9.97. The zero-order valence-corrected chi connectivity index (χ0v) is 12.7. The molecule has 0 radical (unpaired) electrons. The minimum Gasteiger partial charge on any atom is -0.394 e. The van der Waals surface area contributed by atoms with Gasteiger partial charge in [-0.3, -0.25) is 0 Å². The fraction of sp³-hybridized carbons (Fsp3) is 1.00. The Morgan fingerprint density at radius 1 is 1.33 bits per heavy atom. The van der Waals surface area contributed by atoms with Gasteiger partial charge in [0.1, 0.15) is 0 Å². The highest BCUT2D eigenvalue weighted by Crippen LogP contribution is 2.33. The van der Waals surface area contributed by atoms with Gasteiger partial charge in [-0.05, 0) is 52.1 Å². The van der Waals surface area contributed by atoms with E-state index in [2.05, 4.69) is 38.0 Å². The molecule has 1 fully saturated rings. The molecule has 18 heavy (non-hydrogen) atoms. The average Bonchev–Trinajstić information content (AvgIpc) is 2.83. The summed E-state index contributed by atoms with van der Waals surface area (Å²) in [5, 5.41) is 13.3. The highest BCUT2D eigenvalue weighted by atomic mass is 16.3. The minimum atomic E-state index is -0.0129. The van der Waals surface area contributed by atoms with E-state index in [9.17, 15) is 5.11 Å². The smallest absolute Gasteiger partial charge is 0.0613 e. The molecule has 2 atom stereocenters. The van der Waals surface area contributed by atoms with Crippen LogP contribution in [0.5, 0.6) is 0 Å². The van der Waals surface area contributed by atoms with Crippen molar-refractivity contribution in [2.75, 3.05) is 20.2 Å². The van der Waals surface area contributed by atoms with Crippen LogP contribution in [0.15, 0.2) is 0 Å². The van der Waals surface area contributed by atoms with Crippen LogP contribution in [0.1, 0.15) is 59.3 Å². The largest absolute Gasteiger partial charge is 0.394 e. The fourth-order valence-electron chi connectivity index (χ4n) is 3.36. The summed E-state index contributed by atoms with van der Waals surface area (Å²) in [6.45, 7) is 8.02. The summed E-state index contributed by atoms with van der Waals surface area (Å²) < 4.78 is 0. The molecule has 3 nitrogen and oxygen atoms in total. The predicted molar refractivity (Wildman–Crippen MR) is 77.9 cm³/mol.